The molecule has 1 aromatic rings. The van der Waals surface area contributed by atoms with E-state index in [1.165, 1.54) is 19.4 Å². The van der Waals surface area contributed by atoms with Crippen LogP contribution >= 0.6 is 27.5 Å². The SMILES string of the molecule is COC(=O)C1CCCCN1S(=O)(=O)c1cc(Br)cnc1Cl. The van der Waals surface area contributed by atoms with Gasteiger partial charge in [0.05, 0.1) is 7.11 Å². The van der Waals surface area contributed by atoms with Crippen LogP contribution in [0.3, 0.4) is 0 Å². The van der Waals surface area contributed by atoms with Crippen molar-refractivity contribution in [1.29, 1.82) is 0 Å². The molecule has 0 radical (unpaired) electrons. The molecule has 1 aliphatic rings. The first kappa shape index (κ1) is 16.7. The van der Waals surface area contributed by atoms with Gasteiger partial charge in [-0.2, -0.15) is 4.31 Å². The molecule has 0 aromatic carbocycles. The molecule has 6 nitrogen and oxygen atoms in total. The van der Waals surface area contributed by atoms with Crippen molar-refractivity contribution in [3.05, 3.63) is 21.9 Å². The minimum atomic E-state index is -3.91. The zero-order valence-electron chi connectivity index (χ0n) is 11.3. The summed E-state index contributed by atoms with van der Waals surface area (Å²) in [5.41, 5.74) is 0. The van der Waals surface area contributed by atoms with Crippen molar-refractivity contribution in [3.63, 3.8) is 0 Å². The molecule has 116 valence electrons. The van der Waals surface area contributed by atoms with E-state index in [1.807, 2.05) is 0 Å². The fourth-order valence-corrected chi connectivity index (χ4v) is 4.84. The topological polar surface area (TPSA) is 76.6 Å². The van der Waals surface area contributed by atoms with Crippen LogP contribution < -0.4 is 0 Å². The van der Waals surface area contributed by atoms with E-state index in [4.69, 9.17) is 16.3 Å². The number of ether oxygens (including phenoxy) is 1. The molecular formula is C12H14BrClN2O4S. The van der Waals surface area contributed by atoms with Gasteiger partial charge in [0.1, 0.15) is 16.1 Å². The second-order valence-corrected chi connectivity index (χ2v) is 7.73. The number of pyridine rings is 1. The molecule has 1 aromatic heterocycles. The molecule has 0 bridgehead atoms. The van der Waals surface area contributed by atoms with E-state index in [1.54, 1.807) is 0 Å². The Balaban J connectivity index is 2.45. The quantitative estimate of drug-likeness (QED) is 0.577. The third kappa shape index (κ3) is 3.39. The molecule has 0 saturated carbocycles. The minimum Gasteiger partial charge on any atom is -0.468 e. The summed E-state index contributed by atoms with van der Waals surface area (Å²) in [6.07, 6.45) is 3.31. The number of nitrogens with zero attached hydrogens (tertiary/aromatic N) is 2. The number of aromatic nitrogens is 1. The number of rotatable bonds is 3. The molecule has 9 heteroatoms. The van der Waals surface area contributed by atoms with Crippen LogP contribution in [-0.2, 0) is 19.6 Å². The van der Waals surface area contributed by atoms with E-state index < -0.39 is 22.0 Å². The van der Waals surface area contributed by atoms with E-state index in [-0.39, 0.29) is 16.6 Å². The lowest BCUT2D eigenvalue weighted by atomic mass is 10.1. The Morgan fingerprint density at radius 3 is 2.90 bits per heavy atom. The van der Waals surface area contributed by atoms with Crippen molar-refractivity contribution in [2.45, 2.75) is 30.2 Å². The second kappa shape index (κ2) is 6.60. The van der Waals surface area contributed by atoms with Crippen LogP contribution in [0.25, 0.3) is 0 Å². The van der Waals surface area contributed by atoms with E-state index in [0.29, 0.717) is 17.3 Å². The Kier molecular flexibility index (Phi) is 5.24. The number of carbonyl (C=O) groups is 1. The summed E-state index contributed by atoms with van der Waals surface area (Å²) in [5, 5.41) is -0.118. The van der Waals surface area contributed by atoms with Gasteiger partial charge >= 0.3 is 5.97 Å². The van der Waals surface area contributed by atoms with E-state index in [9.17, 15) is 13.2 Å². The summed E-state index contributed by atoms with van der Waals surface area (Å²) in [5.74, 6) is -0.558. The van der Waals surface area contributed by atoms with Crippen molar-refractivity contribution < 1.29 is 17.9 Å². The molecule has 1 aliphatic heterocycles. The first-order valence-corrected chi connectivity index (χ1v) is 8.89. The fourth-order valence-electron chi connectivity index (χ4n) is 2.28. The Morgan fingerprint density at radius 2 is 2.24 bits per heavy atom. The number of hydrogen-bond acceptors (Lipinski definition) is 5. The molecule has 1 atom stereocenters. The van der Waals surface area contributed by atoms with Crippen LogP contribution in [0.2, 0.25) is 5.15 Å². The van der Waals surface area contributed by atoms with E-state index in [0.717, 1.165) is 10.7 Å². The van der Waals surface area contributed by atoms with Gasteiger partial charge in [-0.25, -0.2) is 13.4 Å². The van der Waals surface area contributed by atoms with Crippen LogP contribution in [0.15, 0.2) is 21.6 Å². The van der Waals surface area contributed by atoms with Gasteiger partial charge in [0.15, 0.2) is 0 Å². The summed E-state index contributed by atoms with van der Waals surface area (Å²) in [4.78, 5) is 15.5. The average Bonchev–Trinajstić information content (AvgIpc) is 2.48. The molecule has 1 unspecified atom stereocenters. The maximum absolute atomic E-state index is 12.8. The summed E-state index contributed by atoms with van der Waals surface area (Å²) in [7, 11) is -2.67. The Labute approximate surface area is 136 Å². The number of methoxy groups -OCH3 is 1. The first-order valence-electron chi connectivity index (χ1n) is 6.28. The lowest BCUT2D eigenvalue weighted by Crippen LogP contribution is -2.48. The molecule has 1 saturated heterocycles. The number of piperidine rings is 1. The smallest absolute Gasteiger partial charge is 0.324 e. The number of sulfonamides is 1. The van der Waals surface area contributed by atoms with Gasteiger partial charge < -0.3 is 4.74 Å². The first-order chi connectivity index (χ1) is 9.87. The highest BCUT2D eigenvalue weighted by atomic mass is 79.9. The van der Waals surface area contributed by atoms with Crippen molar-refractivity contribution in [1.82, 2.24) is 9.29 Å². The fraction of sp³-hybridized carbons (Fsp3) is 0.500. The van der Waals surface area contributed by atoms with E-state index in [2.05, 4.69) is 20.9 Å². The summed E-state index contributed by atoms with van der Waals surface area (Å²) in [6, 6.07) is 0.567. The van der Waals surface area contributed by atoms with Crippen molar-refractivity contribution in [2.24, 2.45) is 0 Å². The Morgan fingerprint density at radius 1 is 1.52 bits per heavy atom. The number of hydrogen-bond donors (Lipinski definition) is 0. The van der Waals surface area contributed by atoms with Gasteiger partial charge in [0.2, 0.25) is 10.0 Å². The van der Waals surface area contributed by atoms with Gasteiger partial charge in [-0.05, 0) is 41.3 Å². The third-order valence-corrected chi connectivity index (χ3v) is 6.06. The third-order valence-electron chi connectivity index (χ3n) is 3.29. The van der Waals surface area contributed by atoms with Gasteiger partial charge in [-0.15, -0.1) is 0 Å². The highest BCUT2D eigenvalue weighted by Crippen LogP contribution is 2.30. The normalized spacial score (nSPS) is 20.2. The highest BCUT2D eigenvalue weighted by Gasteiger charge is 2.39. The van der Waals surface area contributed by atoms with Crippen LogP contribution in [0.4, 0.5) is 0 Å². The zero-order valence-corrected chi connectivity index (χ0v) is 14.4. The number of halogens is 2. The van der Waals surface area contributed by atoms with Crippen LogP contribution in [0.1, 0.15) is 19.3 Å². The number of esters is 1. The van der Waals surface area contributed by atoms with Gasteiger partial charge in [0.25, 0.3) is 0 Å². The monoisotopic (exact) mass is 396 g/mol. The molecule has 0 amide bonds. The summed E-state index contributed by atoms with van der Waals surface area (Å²) >= 11 is 9.08. The van der Waals surface area contributed by atoms with Crippen molar-refractivity contribution >= 4 is 43.5 Å². The van der Waals surface area contributed by atoms with Gasteiger partial charge in [-0.3, -0.25) is 4.79 Å². The zero-order chi connectivity index (χ0) is 15.6. The lowest BCUT2D eigenvalue weighted by molar-refractivity contribution is -0.146. The predicted molar refractivity (Wildman–Crippen MR) is 80.5 cm³/mol. The maximum Gasteiger partial charge on any atom is 0.324 e. The Bertz CT molecular complexity index is 653. The van der Waals surface area contributed by atoms with Crippen LogP contribution in [0.5, 0.6) is 0 Å². The van der Waals surface area contributed by atoms with Gasteiger partial charge in [-0.1, -0.05) is 11.6 Å². The molecule has 2 heterocycles. The summed E-state index contributed by atoms with van der Waals surface area (Å²) < 4.78 is 31.9. The van der Waals surface area contributed by atoms with Crippen molar-refractivity contribution in [2.75, 3.05) is 13.7 Å². The second-order valence-electron chi connectivity index (χ2n) is 4.59. The van der Waals surface area contributed by atoms with E-state index >= 15 is 0 Å². The number of carbonyl (C=O) groups excluding carboxylic acids is 1. The highest BCUT2D eigenvalue weighted by molar-refractivity contribution is 9.10. The molecule has 21 heavy (non-hydrogen) atoms. The Hall–Kier alpha value is -0.700. The van der Waals surface area contributed by atoms with Crippen LogP contribution in [-0.4, -0.2) is 43.4 Å². The lowest BCUT2D eigenvalue weighted by Gasteiger charge is -2.32. The van der Waals surface area contributed by atoms with Gasteiger partial charge in [0, 0.05) is 17.2 Å². The molecular weight excluding hydrogens is 384 g/mol. The maximum atomic E-state index is 12.8. The largest absolute Gasteiger partial charge is 0.468 e. The molecule has 0 N–H and O–H groups in total. The van der Waals surface area contributed by atoms with Crippen molar-refractivity contribution in [3.8, 4) is 0 Å². The molecule has 1 fully saturated rings. The summed E-state index contributed by atoms with van der Waals surface area (Å²) in [6.45, 7) is 0.255. The predicted octanol–water partition coefficient (Wildman–Crippen LogP) is 2.21. The molecule has 0 spiro atoms. The molecule has 0 aliphatic carbocycles. The average molecular weight is 398 g/mol. The minimum absolute atomic E-state index is 0.116. The standard InChI is InChI=1S/C12H14BrClN2O4S/c1-20-12(17)9-4-2-3-5-16(9)21(18,19)10-6-8(13)7-15-11(10)14/h6-7,9H,2-5H2,1H3. The van der Waals surface area contributed by atoms with Crippen LogP contribution in [0, 0.1) is 0 Å². The molecule has 2 rings (SSSR count).